The van der Waals surface area contributed by atoms with Gasteiger partial charge in [-0.1, -0.05) is 0 Å². The maximum atomic E-state index is 12.0. The largest absolute Gasteiger partial charge is 0.481 e. The topological polar surface area (TPSA) is 104 Å². The highest BCUT2D eigenvalue weighted by molar-refractivity contribution is 7.89. The van der Waals surface area contributed by atoms with Crippen LogP contribution in [0.1, 0.15) is 12.0 Å². The highest BCUT2D eigenvalue weighted by atomic mass is 32.2. The average molecular weight is 298 g/mol. The predicted octanol–water partition coefficient (Wildman–Crippen LogP) is -0.0415. The van der Waals surface area contributed by atoms with Crippen molar-refractivity contribution < 1.29 is 23.1 Å². The van der Waals surface area contributed by atoms with Crippen molar-refractivity contribution in [2.45, 2.75) is 17.7 Å². The van der Waals surface area contributed by atoms with Crippen molar-refractivity contribution in [2.75, 3.05) is 18.5 Å². The van der Waals surface area contributed by atoms with Gasteiger partial charge in [-0.05, 0) is 23.8 Å². The summed E-state index contributed by atoms with van der Waals surface area (Å²) in [5, 5.41) is 8.49. The summed E-state index contributed by atoms with van der Waals surface area (Å²) in [6, 6.07) is 4.42. The molecule has 20 heavy (non-hydrogen) atoms. The molecule has 0 saturated heterocycles. The monoisotopic (exact) mass is 298 g/mol. The van der Waals surface area contributed by atoms with E-state index < -0.39 is 16.0 Å². The predicted molar refractivity (Wildman–Crippen MR) is 71.0 cm³/mol. The Morgan fingerprint density at radius 2 is 2.15 bits per heavy atom. The van der Waals surface area contributed by atoms with Crippen LogP contribution in [0.3, 0.4) is 0 Å². The average Bonchev–Trinajstić information content (AvgIpc) is 2.64. The summed E-state index contributed by atoms with van der Waals surface area (Å²) < 4.78 is 26.2. The molecule has 0 bridgehead atoms. The molecule has 1 aromatic carbocycles. The van der Waals surface area contributed by atoms with Crippen LogP contribution in [0.5, 0.6) is 0 Å². The second-order valence-corrected chi connectivity index (χ2v) is 6.23. The Bertz CT molecular complexity index is 668. The van der Waals surface area contributed by atoms with Gasteiger partial charge in [-0.2, -0.15) is 0 Å². The smallest absolute Gasteiger partial charge is 0.304 e. The lowest BCUT2D eigenvalue weighted by Crippen LogP contribution is -2.26. The Hall–Kier alpha value is -1.93. The third kappa shape index (κ3) is 2.81. The number of benzene rings is 1. The first-order valence-electron chi connectivity index (χ1n) is 5.92. The molecule has 1 aliphatic rings. The maximum absolute atomic E-state index is 12.0. The lowest BCUT2D eigenvalue weighted by atomic mass is 10.2. The van der Waals surface area contributed by atoms with E-state index in [9.17, 15) is 18.0 Å². The molecule has 0 atom stereocenters. The Balaban J connectivity index is 2.20. The number of hydrogen-bond donors (Lipinski definition) is 2. The van der Waals surface area contributed by atoms with Gasteiger partial charge in [0.15, 0.2) is 0 Å². The second kappa shape index (κ2) is 5.22. The van der Waals surface area contributed by atoms with Gasteiger partial charge in [-0.25, -0.2) is 13.1 Å². The van der Waals surface area contributed by atoms with E-state index in [2.05, 4.69) is 4.72 Å². The minimum absolute atomic E-state index is 0.0322. The first kappa shape index (κ1) is 14.5. The number of carboxylic acids is 1. The number of fused-ring (bicyclic) bond motifs is 1. The summed E-state index contributed by atoms with van der Waals surface area (Å²) in [4.78, 5) is 23.4. The van der Waals surface area contributed by atoms with E-state index >= 15 is 0 Å². The molecule has 1 aromatic rings. The van der Waals surface area contributed by atoms with Gasteiger partial charge in [0, 0.05) is 19.3 Å². The van der Waals surface area contributed by atoms with Gasteiger partial charge in [-0.3, -0.25) is 9.59 Å². The summed E-state index contributed by atoms with van der Waals surface area (Å²) in [6.45, 7) is -0.173. The van der Waals surface area contributed by atoms with Crippen LogP contribution in [-0.2, 0) is 26.0 Å². The standard InChI is InChI=1S/C12H14N2O5S/c1-14-10-3-2-9(6-8(10)7-11(14)15)20(18,19)13-5-4-12(16)17/h2-3,6,13H,4-5,7H2,1H3,(H,16,17). The number of nitrogens with zero attached hydrogens (tertiary/aromatic N) is 1. The Labute approximate surface area is 116 Å². The van der Waals surface area contributed by atoms with Crippen molar-refractivity contribution in [1.29, 1.82) is 0 Å². The molecular formula is C12H14N2O5S. The Morgan fingerprint density at radius 1 is 1.45 bits per heavy atom. The zero-order valence-electron chi connectivity index (χ0n) is 10.8. The van der Waals surface area contributed by atoms with Crippen molar-refractivity contribution in [3.8, 4) is 0 Å². The van der Waals surface area contributed by atoms with E-state index in [1.807, 2.05) is 0 Å². The number of anilines is 1. The molecule has 2 N–H and O–H groups in total. The van der Waals surface area contributed by atoms with Crippen LogP contribution in [-0.4, -0.2) is 39.0 Å². The molecule has 0 fully saturated rings. The molecule has 0 aliphatic carbocycles. The minimum Gasteiger partial charge on any atom is -0.481 e. The van der Waals surface area contributed by atoms with Gasteiger partial charge < -0.3 is 10.0 Å². The molecule has 2 rings (SSSR count). The fourth-order valence-corrected chi connectivity index (χ4v) is 3.07. The lowest BCUT2D eigenvalue weighted by molar-refractivity contribution is -0.136. The lowest BCUT2D eigenvalue weighted by Gasteiger charge is -2.11. The Morgan fingerprint density at radius 3 is 2.80 bits per heavy atom. The number of carboxylic acid groups (broad SMARTS) is 1. The molecule has 0 aromatic heterocycles. The van der Waals surface area contributed by atoms with E-state index in [1.54, 1.807) is 13.1 Å². The molecule has 1 aliphatic heterocycles. The molecule has 0 radical (unpaired) electrons. The van der Waals surface area contributed by atoms with Crippen LogP contribution in [0.15, 0.2) is 23.1 Å². The van der Waals surface area contributed by atoms with Crippen LogP contribution in [0.25, 0.3) is 0 Å². The van der Waals surface area contributed by atoms with Crippen molar-refractivity contribution >= 4 is 27.6 Å². The van der Waals surface area contributed by atoms with E-state index in [1.165, 1.54) is 17.0 Å². The Kier molecular flexibility index (Phi) is 3.78. The number of carbonyl (C=O) groups is 2. The second-order valence-electron chi connectivity index (χ2n) is 4.46. The summed E-state index contributed by atoms with van der Waals surface area (Å²) in [6.07, 6.45) is -0.115. The highest BCUT2D eigenvalue weighted by Crippen LogP contribution is 2.29. The van der Waals surface area contributed by atoms with Crippen LogP contribution in [0.4, 0.5) is 5.69 Å². The number of nitrogens with one attached hydrogen (secondary N) is 1. The van der Waals surface area contributed by atoms with Crippen molar-refractivity contribution in [2.24, 2.45) is 0 Å². The molecule has 8 heteroatoms. The summed E-state index contributed by atoms with van der Waals surface area (Å²) in [7, 11) is -2.12. The number of likely N-dealkylation sites (N-methyl/N-ethyl adjacent to an activating group) is 1. The molecular weight excluding hydrogens is 284 g/mol. The highest BCUT2D eigenvalue weighted by Gasteiger charge is 2.26. The van der Waals surface area contributed by atoms with E-state index in [0.29, 0.717) is 11.3 Å². The molecule has 108 valence electrons. The quantitative estimate of drug-likeness (QED) is 0.793. The number of rotatable bonds is 5. The third-order valence-electron chi connectivity index (χ3n) is 3.07. The van der Waals surface area contributed by atoms with E-state index in [0.717, 1.165) is 0 Å². The van der Waals surface area contributed by atoms with Gasteiger partial charge in [0.05, 0.1) is 17.7 Å². The van der Waals surface area contributed by atoms with Crippen molar-refractivity contribution in [3.05, 3.63) is 23.8 Å². The van der Waals surface area contributed by atoms with Crippen LogP contribution >= 0.6 is 0 Å². The normalized spacial score (nSPS) is 14.4. The molecule has 1 heterocycles. The maximum Gasteiger partial charge on any atom is 0.304 e. The summed E-state index contributed by atoms with van der Waals surface area (Å²) >= 11 is 0. The van der Waals surface area contributed by atoms with Crippen LogP contribution in [0.2, 0.25) is 0 Å². The number of aliphatic carboxylic acids is 1. The number of carbonyl (C=O) groups excluding carboxylic acids is 1. The number of amides is 1. The van der Waals surface area contributed by atoms with Gasteiger partial charge in [0.2, 0.25) is 15.9 Å². The van der Waals surface area contributed by atoms with Crippen molar-refractivity contribution in [3.63, 3.8) is 0 Å². The number of sulfonamides is 1. The molecule has 0 unspecified atom stereocenters. The molecule has 1 amide bonds. The van der Waals surface area contributed by atoms with Gasteiger partial charge in [-0.15, -0.1) is 0 Å². The summed E-state index contributed by atoms with van der Waals surface area (Å²) in [5.41, 5.74) is 1.35. The summed E-state index contributed by atoms with van der Waals surface area (Å²) in [5.74, 6) is -1.16. The molecule has 0 saturated carbocycles. The third-order valence-corrected chi connectivity index (χ3v) is 4.53. The zero-order valence-corrected chi connectivity index (χ0v) is 11.6. The van der Waals surface area contributed by atoms with Gasteiger partial charge in [0.1, 0.15) is 0 Å². The minimum atomic E-state index is -3.76. The fraction of sp³-hybridized carbons (Fsp3) is 0.333. The van der Waals surface area contributed by atoms with Gasteiger partial charge in [0.25, 0.3) is 0 Å². The fourth-order valence-electron chi connectivity index (χ4n) is 1.99. The van der Waals surface area contributed by atoms with Crippen LogP contribution in [0, 0.1) is 0 Å². The SMILES string of the molecule is CN1C(=O)Cc2cc(S(=O)(=O)NCCC(=O)O)ccc21. The van der Waals surface area contributed by atoms with Crippen molar-refractivity contribution in [1.82, 2.24) is 4.72 Å². The van der Waals surface area contributed by atoms with E-state index in [4.69, 9.17) is 5.11 Å². The first-order valence-corrected chi connectivity index (χ1v) is 7.40. The van der Waals surface area contributed by atoms with Crippen LogP contribution < -0.4 is 9.62 Å². The molecule has 7 nitrogen and oxygen atoms in total. The number of hydrogen-bond acceptors (Lipinski definition) is 4. The van der Waals surface area contributed by atoms with E-state index in [-0.39, 0.29) is 30.2 Å². The van der Waals surface area contributed by atoms with Gasteiger partial charge >= 0.3 is 5.97 Å². The molecule has 0 spiro atoms. The zero-order chi connectivity index (χ0) is 14.9. The first-order chi connectivity index (χ1) is 9.31.